The molecule has 8 heteroatoms. The van der Waals surface area contributed by atoms with E-state index in [1.54, 1.807) is 0 Å². The van der Waals surface area contributed by atoms with Crippen LogP contribution in [0.4, 0.5) is 0 Å². The summed E-state index contributed by atoms with van der Waals surface area (Å²) in [6.07, 6.45) is -1.82. The quantitative estimate of drug-likeness (QED) is 0.559. The zero-order chi connectivity index (χ0) is 17.6. The van der Waals surface area contributed by atoms with Gasteiger partial charge >= 0.3 is 17.9 Å². The van der Waals surface area contributed by atoms with Gasteiger partial charge in [0.05, 0.1) is 6.61 Å². The molecule has 1 saturated heterocycles. The lowest BCUT2D eigenvalue weighted by Crippen LogP contribution is -2.64. The second-order valence-electron chi connectivity index (χ2n) is 5.51. The van der Waals surface area contributed by atoms with Crippen LogP contribution < -0.4 is 0 Å². The topological polar surface area (TPSA) is 108 Å². The molecule has 0 radical (unpaired) electrons. The van der Waals surface area contributed by atoms with Crippen LogP contribution in [0.5, 0.6) is 0 Å². The lowest BCUT2D eigenvalue weighted by molar-refractivity contribution is -0.328. The number of esters is 3. The summed E-state index contributed by atoms with van der Waals surface area (Å²) in [4.78, 5) is 34.0. The van der Waals surface area contributed by atoms with Crippen LogP contribution in [0.25, 0.3) is 0 Å². The van der Waals surface area contributed by atoms with Crippen LogP contribution in [-0.4, -0.2) is 53.7 Å². The van der Waals surface area contributed by atoms with Gasteiger partial charge in [-0.15, -0.1) is 0 Å². The summed E-state index contributed by atoms with van der Waals surface area (Å²) in [5.41, 5.74) is 0. The van der Waals surface area contributed by atoms with Gasteiger partial charge in [0.15, 0.2) is 18.3 Å². The summed E-state index contributed by atoms with van der Waals surface area (Å²) in [5.74, 6) is -3.73. The third kappa shape index (κ3) is 5.47. The van der Waals surface area contributed by atoms with Crippen molar-refractivity contribution in [3.05, 3.63) is 0 Å². The minimum absolute atomic E-state index is 0.171. The van der Waals surface area contributed by atoms with Crippen LogP contribution >= 0.6 is 0 Å². The Morgan fingerprint density at radius 3 is 2.13 bits per heavy atom. The summed E-state index contributed by atoms with van der Waals surface area (Å²) in [7, 11) is 0. The minimum Gasteiger partial charge on any atom is -0.456 e. The minimum atomic E-state index is -1.81. The van der Waals surface area contributed by atoms with E-state index in [1.807, 2.05) is 6.92 Å². The summed E-state index contributed by atoms with van der Waals surface area (Å²) in [6, 6.07) is 0. The van der Waals surface area contributed by atoms with Crippen LogP contribution in [0.15, 0.2) is 0 Å². The molecule has 0 aromatic heterocycles. The molecule has 4 atom stereocenters. The highest BCUT2D eigenvalue weighted by Crippen LogP contribution is 2.34. The molecule has 1 fully saturated rings. The van der Waals surface area contributed by atoms with Crippen LogP contribution in [0.1, 0.15) is 47.0 Å². The average molecular weight is 332 g/mol. The van der Waals surface area contributed by atoms with Gasteiger partial charge in [0.1, 0.15) is 0 Å². The number of hydrogen-bond acceptors (Lipinski definition) is 8. The number of aliphatic hydroxyl groups is 1. The summed E-state index contributed by atoms with van der Waals surface area (Å²) in [6.45, 7) is 5.30. The molecule has 0 bridgehead atoms. The SMILES string of the molecule is CCCC[C@@]1(O)OC[C@@H](OC(C)=O)[C@H](OC(C)=O)[C@H]1OC(C)=O. The second-order valence-corrected chi connectivity index (χ2v) is 5.51. The van der Waals surface area contributed by atoms with E-state index in [0.29, 0.717) is 6.42 Å². The molecule has 0 amide bonds. The fourth-order valence-corrected chi connectivity index (χ4v) is 2.48. The van der Waals surface area contributed by atoms with Gasteiger partial charge in [-0.05, 0) is 6.42 Å². The summed E-state index contributed by atoms with van der Waals surface area (Å²) >= 11 is 0. The highest BCUT2D eigenvalue weighted by atomic mass is 16.7. The molecule has 0 spiro atoms. The van der Waals surface area contributed by atoms with E-state index >= 15 is 0 Å². The maximum atomic E-state index is 11.4. The number of hydrogen-bond donors (Lipinski definition) is 1. The summed E-state index contributed by atoms with van der Waals surface area (Å²) < 4.78 is 20.8. The fraction of sp³-hybridized carbons (Fsp3) is 0.800. The number of rotatable bonds is 6. The Bertz CT molecular complexity index is 449. The molecule has 0 aromatic rings. The largest absolute Gasteiger partial charge is 0.456 e. The monoisotopic (exact) mass is 332 g/mol. The first-order valence-corrected chi connectivity index (χ1v) is 7.57. The average Bonchev–Trinajstić information content (AvgIpc) is 2.43. The molecular formula is C15H24O8. The van der Waals surface area contributed by atoms with E-state index in [2.05, 4.69) is 0 Å². The first-order valence-electron chi connectivity index (χ1n) is 7.57. The van der Waals surface area contributed by atoms with Crippen LogP contribution in [-0.2, 0) is 33.3 Å². The Balaban J connectivity index is 3.10. The van der Waals surface area contributed by atoms with Gasteiger partial charge in [-0.3, -0.25) is 14.4 Å². The summed E-state index contributed by atoms with van der Waals surface area (Å²) in [5, 5.41) is 10.7. The lowest BCUT2D eigenvalue weighted by atomic mass is 9.92. The second kappa shape index (κ2) is 8.26. The van der Waals surface area contributed by atoms with E-state index in [9.17, 15) is 19.5 Å². The molecule has 0 aliphatic carbocycles. The van der Waals surface area contributed by atoms with E-state index in [1.165, 1.54) is 20.8 Å². The molecule has 0 aromatic carbocycles. The molecule has 0 unspecified atom stereocenters. The molecule has 8 nitrogen and oxygen atoms in total. The van der Waals surface area contributed by atoms with Crippen molar-refractivity contribution in [1.29, 1.82) is 0 Å². The Hall–Kier alpha value is -1.67. The van der Waals surface area contributed by atoms with Crippen molar-refractivity contribution in [1.82, 2.24) is 0 Å². The van der Waals surface area contributed by atoms with Crippen molar-refractivity contribution in [2.45, 2.75) is 71.1 Å². The first kappa shape index (κ1) is 19.4. The van der Waals surface area contributed by atoms with Crippen molar-refractivity contribution in [2.24, 2.45) is 0 Å². The maximum absolute atomic E-state index is 11.4. The van der Waals surface area contributed by atoms with Gasteiger partial charge in [-0.25, -0.2) is 0 Å². The molecule has 23 heavy (non-hydrogen) atoms. The van der Waals surface area contributed by atoms with Gasteiger partial charge in [0, 0.05) is 27.2 Å². The van der Waals surface area contributed by atoms with Gasteiger partial charge in [-0.2, -0.15) is 0 Å². The van der Waals surface area contributed by atoms with Crippen molar-refractivity contribution in [2.75, 3.05) is 6.61 Å². The molecular weight excluding hydrogens is 308 g/mol. The Labute approximate surface area is 135 Å². The van der Waals surface area contributed by atoms with E-state index < -0.39 is 42.0 Å². The van der Waals surface area contributed by atoms with Crippen LogP contribution in [0.3, 0.4) is 0 Å². The number of unbranched alkanes of at least 4 members (excludes halogenated alkanes) is 1. The van der Waals surface area contributed by atoms with Gasteiger partial charge in [0.25, 0.3) is 0 Å². The highest BCUT2D eigenvalue weighted by Gasteiger charge is 2.54. The lowest BCUT2D eigenvalue weighted by Gasteiger charge is -2.45. The molecule has 1 aliphatic heterocycles. The standard InChI is InChI=1S/C15H24O8/c1-5-6-7-15(19)14(23-11(4)18)13(22-10(3)17)12(8-20-15)21-9(2)16/h12-14,19H,5-8H2,1-4H3/t12-,13+,14-,15-/m1/s1. The number of ether oxygens (including phenoxy) is 4. The van der Waals surface area contributed by atoms with Crippen LogP contribution in [0.2, 0.25) is 0 Å². The van der Waals surface area contributed by atoms with Gasteiger partial charge in [-0.1, -0.05) is 13.3 Å². The van der Waals surface area contributed by atoms with Crippen LogP contribution in [0, 0.1) is 0 Å². The predicted molar refractivity (Wildman–Crippen MR) is 77.1 cm³/mol. The molecule has 132 valence electrons. The normalized spacial score (nSPS) is 30.4. The zero-order valence-electron chi connectivity index (χ0n) is 13.9. The highest BCUT2D eigenvalue weighted by molar-refractivity contribution is 5.68. The Morgan fingerprint density at radius 2 is 1.65 bits per heavy atom. The molecule has 1 heterocycles. The third-order valence-electron chi connectivity index (χ3n) is 3.41. The maximum Gasteiger partial charge on any atom is 0.303 e. The van der Waals surface area contributed by atoms with Crippen molar-refractivity contribution in [3.63, 3.8) is 0 Å². The molecule has 1 aliphatic rings. The van der Waals surface area contributed by atoms with Gasteiger partial charge < -0.3 is 24.1 Å². The van der Waals surface area contributed by atoms with Crippen molar-refractivity contribution >= 4 is 17.9 Å². The zero-order valence-corrected chi connectivity index (χ0v) is 13.9. The third-order valence-corrected chi connectivity index (χ3v) is 3.41. The van der Waals surface area contributed by atoms with E-state index in [4.69, 9.17) is 18.9 Å². The molecule has 1 rings (SSSR count). The van der Waals surface area contributed by atoms with Crippen molar-refractivity contribution < 1.29 is 38.4 Å². The fourth-order valence-electron chi connectivity index (χ4n) is 2.48. The number of carbonyl (C=O) groups excluding carboxylic acids is 3. The number of carbonyl (C=O) groups is 3. The van der Waals surface area contributed by atoms with Gasteiger partial charge in [0.2, 0.25) is 5.79 Å². The van der Waals surface area contributed by atoms with Crippen molar-refractivity contribution in [3.8, 4) is 0 Å². The smallest absolute Gasteiger partial charge is 0.303 e. The Kier molecular flexibility index (Phi) is 6.96. The predicted octanol–water partition coefficient (Wildman–Crippen LogP) is 0.690. The van der Waals surface area contributed by atoms with E-state index in [-0.39, 0.29) is 13.0 Å². The first-order chi connectivity index (χ1) is 10.7. The Morgan fingerprint density at radius 1 is 1.09 bits per heavy atom. The molecule has 1 N–H and O–H groups in total. The van der Waals surface area contributed by atoms with E-state index in [0.717, 1.165) is 6.42 Å². The molecule has 0 saturated carbocycles.